The first-order valence-corrected chi connectivity index (χ1v) is 11.1. The second kappa shape index (κ2) is 7.54. The third-order valence-electron chi connectivity index (χ3n) is 4.83. The summed E-state index contributed by atoms with van der Waals surface area (Å²) in [6.07, 6.45) is 10.0. The molecule has 1 N–H and O–H groups in total. The lowest BCUT2D eigenvalue weighted by molar-refractivity contribution is 0.593. The Morgan fingerprint density at radius 3 is 2.50 bits per heavy atom. The number of nitrogens with one attached hydrogen (secondary N) is 1. The van der Waals surface area contributed by atoms with Crippen LogP contribution in [0.15, 0.2) is 72.5 Å². The number of benzene rings is 1. The van der Waals surface area contributed by atoms with Gasteiger partial charge in [0.25, 0.3) is 10.0 Å². The van der Waals surface area contributed by atoms with Gasteiger partial charge in [0.2, 0.25) is 0 Å². The van der Waals surface area contributed by atoms with Crippen LogP contribution in [0.5, 0.6) is 0 Å². The summed E-state index contributed by atoms with van der Waals surface area (Å²) in [6.45, 7) is 0. The molecule has 11 heteroatoms. The average molecular weight is 446 g/mol. The summed E-state index contributed by atoms with van der Waals surface area (Å²) >= 11 is 0. The molecule has 5 rings (SSSR count). The summed E-state index contributed by atoms with van der Waals surface area (Å²) in [6, 6.07) is 8.81. The predicted molar refractivity (Wildman–Crippen MR) is 119 cm³/mol. The molecule has 0 saturated carbocycles. The smallest absolute Gasteiger partial charge is 0.277 e. The summed E-state index contributed by atoms with van der Waals surface area (Å²) in [5, 5.41) is 8.07. The number of nitrogens with zero attached hydrogens (tertiary/aromatic N) is 7. The zero-order valence-electron chi connectivity index (χ0n) is 17.2. The molecule has 0 fully saturated rings. The number of pyridine rings is 1. The predicted octanol–water partition coefficient (Wildman–Crippen LogP) is 2.63. The maximum atomic E-state index is 12.6. The first-order valence-electron chi connectivity index (χ1n) is 9.61. The van der Waals surface area contributed by atoms with Crippen molar-refractivity contribution in [1.82, 2.24) is 34.5 Å². The number of hydrogen-bond acceptors (Lipinski definition) is 7. The van der Waals surface area contributed by atoms with Gasteiger partial charge in [-0.3, -0.25) is 24.1 Å². The summed E-state index contributed by atoms with van der Waals surface area (Å²) in [7, 11) is -0.311. The molecule has 5 aromatic rings. The highest BCUT2D eigenvalue weighted by molar-refractivity contribution is 7.92. The molecule has 0 atom stereocenters. The number of anilines is 1. The van der Waals surface area contributed by atoms with Gasteiger partial charge in [0, 0.05) is 43.8 Å². The average Bonchev–Trinajstić information content (AvgIpc) is 3.41. The molecule has 32 heavy (non-hydrogen) atoms. The maximum Gasteiger partial charge on any atom is 0.281 e. The molecule has 0 radical (unpaired) electrons. The second-order valence-electron chi connectivity index (χ2n) is 7.26. The number of aromatic nitrogens is 7. The minimum absolute atomic E-state index is 0.0608. The van der Waals surface area contributed by atoms with E-state index in [0.29, 0.717) is 11.2 Å². The molecular formula is C21H18N8O2S. The van der Waals surface area contributed by atoms with E-state index in [0.717, 1.165) is 27.9 Å². The van der Waals surface area contributed by atoms with E-state index < -0.39 is 10.0 Å². The van der Waals surface area contributed by atoms with Crippen LogP contribution in [-0.2, 0) is 24.1 Å². The van der Waals surface area contributed by atoms with Crippen molar-refractivity contribution < 1.29 is 8.42 Å². The molecule has 0 saturated heterocycles. The van der Waals surface area contributed by atoms with Crippen molar-refractivity contribution in [2.75, 3.05) is 4.72 Å². The molecule has 1 aromatic carbocycles. The molecule has 0 unspecified atom stereocenters. The summed E-state index contributed by atoms with van der Waals surface area (Å²) in [5.74, 6) is 0. The number of rotatable bonds is 5. The molecule has 0 aliphatic carbocycles. The Morgan fingerprint density at radius 2 is 1.75 bits per heavy atom. The molecule has 0 bridgehead atoms. The second-order valence-corrected chi connectivity index (χ2v) is 8.89. The quantitative estimate of drug-likeness (QED) is 0.440. The Bertz CT molecular complexity index is 1560. The summed E-state index contributed by atoms with van der Waals surface area (Å²) in [4.78, 5) is 13.4. The maximum absolute atomic E-state index is 12.6. The van der Waals surface area contributed by atoms with E-state index in [9.17, 15) is 8.42 Å². The first-order chi connectivity index (χ1) is 15.4. The lowest BCUT2D eigenvalue weighted by Gasteiger charge is -2.08. The lowest BCUT2D eigenvalue weighted by Crippen LogP contribution is -2.14. The van der Waals surface area contributed by atoms with Crippen molar-refractivity contribution in [3.05, 3.63) is 67.5 Å². The fourth-order valence-corrected chi connectivity index (χ4v) is 4.28. The van der Waals surface area contributed by atoms with Gasteiger partial charge in [0.1, 0.15) is 0 Å². The Morgan fingerprint density at radius 1 is 0.875 bits per heavy atom. The highest BCUT2D eigenvalue weighted by Gasteiger charge is 2.17. The van der Waals surface area contributed by atoms with Crippen LogP contribution < -0.4 is 4.72 Å². The van der Waals surface area contributed by atoms with Crippen LogP contribution in [0.1, 0.15) is 0 Å². The fourth-order valence-electron chi connectivity index (χ4n) is 3.28. The topological polar surface area (TPSA) is 120 Å². The van der Waals surface area contributed by atoms with Gasteiger partial charge < -0.3 is 0 Å². The van der Waals surface area contributed by atoms with E-state index >= 15 is 0 Å². The first kappa shape index (κ1) is 19.8. The monoisotopic (exact) mass is 446 g/mol. The van der Waals surface area contributed by atoms with E-state index in [-0.39, 0.29) is 5.03 Å². The Labute approximate surface area is 183 Å². The van der Waals surface area contributed by atoms with Gasteiger partial charge in [-0.25, -0.2) is 4.98 Å². The van der Waals surface area contributed by atoms with E-state index in [1.807, 2.05) is 31.4 Å². The third kappa shape index (κ3) is 3.81. The number of sulfonamides is 1. The van der Waals surface area contributed by atoms with Crippen LogP contribution in [-0.4, -0.2) is 42.9 Å². The van der Waals surface area contributed by atoms with Gasteiger partial charge in [-0.15, -0.1) is 0 Å². The SMILES string of the molecule is Cn1cc(-c2cnc3ccc(-c4cncc(NS(=O)(=O)c5ccn(C)n5)c4)cc3n2)cn1. The van der Waals surface area contributed by atoms with E-state index in [2.05, 4.69) is 24.9 Å². The van der Waals surface area contributed by atoms with Gasteiger partial charge in [-0.2, -0.15) is 18.6 Å². The van der Waals surface area contributed by atoms with E-state index in [1.165, 1.54) is 16.9 Å². The van der Waals surface area contributed by atoms with Crippen LogP contribution >= 0.6 is 0 Å². The molecular weight excluding hydrogens is 428 g/mol. The highest BCUT2D eigenvalue weighted by Crippen LogP contribution is 2.26. The van der Waals surface area contributed by atoms with Gasteiger partial charge in [0.05, 0.1) is 41.0 Å². The Kier molecular flexibility index (Phi) is 4.67. The number of hydrogen-bond donors (Lipinski definition) is 1. The number of aryl methyl sites for hydroxylation is 2. The number of fused-ring (bicyclic) bond motifs is 1. The fraction of sp³-hybridized carbons (Fsp3) is 0.0952. The molecule has 10 nitrogen and oxygen atoms in total. The molecule has 4 aromatic heterocycles. The molecule has 0 spiro atoms. The molecule has 0 amide bonds. The van der Waals surface area contributed by atoms with Crippen molar-refractivity contribution in [3.8, 4) is 22.4 Å². The van der Waals surface area contributed by atoms with E-state index in [4.69, 9.17) is 4.98 Å². The van der Waals surface area contributed by atoms with Crippen LogP contribution in [0.25, 0.3) is 33.4 Å². The molecule has 0 aliphatic rings. The van der Waals surface area contributed by atoms with Crippen molar-refractivity contribution >= 4 is 26.7 Å². The minimum atomic E-state index is -3.81. The van der Waals surface area contributed by atoms with Gasteiger partial charge in [-0.1, -0.05) is 6.07 Å². The van der Waals surface area contributed by atoms with Gasteiger partial charge >= 0.3 is 0 Å². The zero-order chi connectivity index (χ0) is 22.3. The zero-order valence-corrected chi connectivity index (χ0v) is 18.0. The van der Waals surface area contributed by atoms with Crippen molar-refractivity contribution in [2.24, 2.45) is 14.1 Å². The van der Waals surface area contributed by atoms with Crippen molar-refractivity contribution in [3.63, 3.8) is 0 Å². The van der Waals surface area contributed by atoms with Crippen LogP contribution in [0.2, 0.25) is 0 Å². The Hall–Kier alpha value is -4.12. The van der Waals surface area contributed by atoms with Crippen LogP contribution in [0, 0.1) is 0 Å². The minimum Gasteiger partial charge on any atom is -0.277 e. The lowest BCUT2D eigenvalue weighted by atomic mass is 10.1. The van der Waals surface area contributed by atoms with Crippen molar-refractivity contribution in [2.45, 2.75) is 5.03 Å². The third-order valence-corrected chi connectivity index (χ3v) is 6.10. The highest BCUT2D eigenvalue weighted by atomic mass is 32.2. The normalized spacial score (nSPS) is 11.7. The standard InChI is InChI=1S/C21H18N8O2S/c1-28-6-5-21(26-28)32(30,31)27-17-7-15(9-22-11-17)14-3-4-18-19(8-14)25-20(12-23-18)16-10-24-29(2)13-16/h3-13,27H,1-2H3. The molecule has 0 aliphatic heterocycles. The van der Waals surface area contributed by atoms with E-state index in [1.54, 1.807) is 42.6 Å². The Balaban J connectivity index is 1.48. The van der Waals surface area contributed by atoms with Crippen LogP contribution in [0.3, 0.4) is 0 Å². The van der Waals surface area contributed by atoms with Crippen molar-refractivity contribution in [1.29, 1.82) is 0 Å². The summed E-state index contributed by atoms with van der Waals surface area (Å²) in [5.41, 5.74) is 4.97. The summed E-state index contributed by atoms with van der Waals surface area (Å²) < 4.78 is 30.8. The van der Waals surface area contributed by atoms with Gasteiger partial charge in [0.15, 0.2) is 5.03 Å². The molecule has 4 heterocycles. The molecule has 160 valence electrons. The largest absolute Gasteiger partial charge is 0.281 e. The van der Waals surface area contributed by atoms with Gasteiger partial charge in [-0.05, 0) is 29.8 Å². The van der Waals surface area contributed by atoms with Crippen LogP contribution in [0.4, 0.5) is 5.69 Å².